The quantitative estimate of drug-likeness (QED) is 0.871. The Morgan fingerprint density at radius 3 is 2.53 bits per heavy atom. The van der Waals surface area contributed by atoms with Crippen LogP contribution in [0.3, 0.4) is 0 Å². The standard InChI is InChI=1S/C13H16N2O2S2/c1-10-6-4-5-7-13(10)19(16,17)15(3)8-12-11(2)14-9-18-12/h4-7,9H,8H2,1-3H3. The lowest BCUT2D eigenvalue weighted by Gasteiger charge is -2.18. The van der Waals surface area contributed by atoms with Gasteiger partial charge in [-0.3, -0.25) is 0 Å². The summed E-state index contributed by atoms with van der Waals surface area (Å²) in [6.45, 7) is 4.05. The van der Waals surface area contributed by atoms with Crippen LogP contribution >= 0.6 is 11.3 Å². The van der Waals surface area contributed by atoms with Crippen LogP contribution in [0.5, 0.6) is 0 Å². The van der Waals surface area contributed by atoms with Crippen LogP contribution in [0.2, 0.25) is 0 Å². The van der Waals surface area contributed by atoms with E-state index < -0.39 is 10.0 Å². The average molecular weight is 296 g/mol. The molecule has 0 bridgehead atoms. The normalized spacial score (nSPS) is 12.0. The Labute approximate surface area is 117 Å². The first kappa shape index (κ1) is 14.2. The minimum Gasteiger partial charge on any atom is -0.250 e. The molecule has 102 valence electrons. The number of hydrogen-bond acceptors (Lipinski definition) is 4. The van der Waals surface area contributed by atoms with Crippen molar-refractivity contribution in [1.82, 2.24) is 9.29 Å². The van der Waals surface area contributed by atoms with Crippen molar-refractivity contribution < 1.29 is 8.42 Å². The van der Waals surface area contributed by atoms with Crippen LogP contribution in [0.4, 0.5) is 0 Å². The molecule has 1 aromatic heterocycles. The van der Waals surface area contributed by atoms with E-state index in [0.29, 0.717) is 11.4 Å². The van der Waals surface area contributed by atoms with Crippen LogP contribution in [0.15, 0.2) is 34.7 Å². The second-order valence-electron chi connectivity index (χ2n) is 4.39. The molecule has 6 heteroatoms. The Bertz CT molecular complexity index is 677. The number of sulfonamides is 1. The summed E-state index contributed by atoms with van der Waals surface area (Å²) in [5, 5.41) is 0. The zero-order valence-corrected chi connectivity index (χ0v) is 12.8. The third-order valence-electron chi connectivity index (χ3n) is 2.99. The zero-order valence-electron chi connectivity index (χ0n) is 11.1. The molecular formula is C13H16N2O2S2. The fraction of sp³-hybridized carbons (Fsp3) is 0.308. The summed E-state index contributed by atoms with van der Waals surface area (Å²) in [6, 6.07) is 7.02. The molecule has 0 saturated heterocycles. The lowest BCUT2D eigenvalue weighted by molar-refractivity contribution is 0.468. The second kappa shape index (κ2) is 5.40. The molecule has 0 spiro atoms. The first-order chi connectivity index (χ1) is 8.93. The second-order valence-corrected chi connectivity index (χ2v) is 7.34. The van der Waals surface area contributed by atoms with Crippen molar-refractivity contribution in [2.24, 2.45) is 0 Å². The van der Waals surface area contributed by atoms with Gasteiger partial charge in [0.25, 0.3) is 0 Å². The van der Waals surface area contributed by atoms with E-state index in [1.165, 1.54) is 15.6 Å². The highest BCUT2D eigenvalue weighted by molar-refractivity contribution is 7.89. The number of aryl methyl sites for hydroxylation is 2. The molecule has 0 unspecified atom stereocenters. The van der Waals surface area contributed by atoms with Crippen molar-refractivity contribution in [2.45, 2.75) is 25.3 Å². The Morgan fingerprint density at radius 1 is 1.26 bits per heavy atom. The molecule has 0 aliphatic carbocycles. The Morgan fingerprint density at radius 2 is 1.95 bits per heavy atom. The van der Waals surface area contributed by atoms with E-state index in [0.717, 1.165) is 16.1 Å². The molecule has 2 rings (SSSR count). The summed E-state index contributed by atoms with van der Waals surface area (Å²) in [5.74, 6) is 0. The number of benzene rings is 1. The highest BCUT2D eigenvalue weighted by Gasteiger charge is 2.23. The minimum absolute atomic E-state index is 0.354. The first-order valence-corrected chi connectivity index (χ1v) is 8.16. The molecule has 0 atom stereocenters. The van der Waals surface area contributed by atoms with Gasteiger partial charge in [-0.15, -0.1) is 11.3 Å². The average Bonchev–Trinajstić information content (AvgIpc) is 2.75. The third-order valence-corrected chi connectivity index (χ3v) is 5.88. The smallest absolute Gasteiger partial charge is 0.243 e. The van der Waals surface area contributed by atoms with E-state index in [9.17, 15) is 8.42 Å². The van der Waals surface area contributed by atoms with E-state index in [4.69, 9.17) is 0 Å². The van der Waals surface area contributed by atoms with Crippen molar-refractivity contribution in [3.8, 4) is 0 Å². The lowest BCUT2D eigenvalue weighted by Crippen LogP contribution is -2.27. The van der Waals surface area contributed by atoms with E-state index in [1.807, 2.05) is 13.0 Å². The predicted octanol–water partition coefficient (Wildman–Crippen LogP) is 2.58. The van der Waals surface area contributed by atoms with Gasteiger partial charge in [0.05, 0.1) is 16.1 Å². The van der Waals surface area contributed by atoms with Crippen LogP contribution in [-0.4, -0.2) is 24.8 Å². The Balaban J connectivity index is 2.30. The molecule has 2 aromatic rings. The van der Waals surface area contributed by atoms with E-state index in [2.05, 4.69) is 4.98 Å². The maximum Gasteiger partial charge on any atom is 0.243 e. The molecule has 0 amide bonds. The lowest BCUT2D eigenvalue weighted by atomic mass is 10.2. The van der Waals surface area contributed by atoms with Crippen LogP contribution in [0.1, 0.15) is 16.1 Å². The maximum atomic E-state index is 12.5. The van der Waals surface area contributed by atoms with Crippen molar-refractivity contribution in [3.05, 3.63) is 45.9 Å². The maximum absolute atomic E-state index is 12.5. The van der Waals surface area contributed by atoms with Gasteiger partial charge >= 0.3 is 0 Å². The summed E-state index contributed by atoms with van der Waals surface area (Å²) < 4.78 is 26.4. The number of nitrogens with zero attached hydrogens (tertiary/aromatic N) is 2. The topological polar surface area (TPSA) is 50.3 Å². The number of aromatic nitrogens is 1. The van der Waals surface area contributed by atoms with Gasteiger partial charge < -0.3 is 0 Å². The first-order valence-electron chi connectivity index (χ1n) is 5.84. The molecule has 0 radical (unpaired) electrons. The summed E-state index contributed by atoms with van der Waals surface area (Å²) in [7, 11) is -1.85. The number of thiazole rings is 1. The number of hydrogen-bond donors (Lipinski definition) is 0. The van der Waals surface area contributed by atoms with E-state index >= 15 is 0 Å². The SMILES string of the molecule is Cc1ccccc1S(=O)(=O)N(C)Cc1scnc1C. The molecule has 0 N–H and O–H groups in total. The van der Waals surface area contributed by atoms with Crippen LogP contribution in [0, 0.1) is 13.8 Å². The van der Waals surface area contributed by atoms with E-state index in [-0.39, 0.29) is 0 Å². The van der Waals surface area contributed by atoms with Gasteiger partial charge in [0.15, 0.2) is 0 Å². The molecule has 0 aliphatic rings. The summed E-state index contributed by atoms with van der Waals surface area (Å²) >= 11 is 1.48. The van der Waals surface area contributed by atoms with Crippen molar-refractivity contribution >= 4 is 21.4 Å². The fourth-order valence-corrected chi connectivity index (χ4v) is 4.05. The highest BCUT2D eigenvalue weighted by atomic mass is 32.2. The molecule has 0 fully saturated rings. The van der Waals surface area contributed by atoms with Crippen molar-refractivity contribution in [3.63, 3.8) is 0 Å². The molecule has 4 nitrogen and oxygen atoms in total. The zero-order chi connectivity index (χ0) is 14.0. The Kier molecular flexibility index (Phi) is 4.03. The monoisotopic (exact) mass is 296 g/mol. The molecule has 0 saturated carbocycles. The predicted molar refractivity (Wildman–Crippen MR) is 76.7 cm³/mol. The van der Waals surface area contributed by atoms with Gasteiger partial charge in [-0.05, 0) is 25.5 Å². The van der Waals surface area contributed by atoms with Crippen molar-refractivity contribution in [2.75, 3.05) is 7.05 Å². The van der Waals surface area contributed by atoms with Gasteiger partial charge in [-0.1, -0.05) is 18.2 Å². The highest BCUT2D eigenvalue weighted by Crippen LogP contribution is 2.22. The van der Waals surface area contributed by atoms with Crippen molar-refractivity contribution in [1.29, 1.82) is 0 Å². The molecular weight excluding hydrogens is 280 g/mol. The minimum atomic E-state index is -3.45. The summed E-state index contributed by atoms with van der Waals surface area (Å²) in [5.41, 5.74) is 3.38. The largest absolute Gasteiger partial charge is 0.250 e. The molecule has 1 heterocycles. The number of rotatable bonds is 4. The van der Waals surface area contributed by atoms with E-state index in [1.54, 1.807) is 37.7 Å². The van der Waals surface area contributed by atoms with Gasteiger partial charge in [-0.25, -0.2) is 13.4 Å². The Hall–Kier alpha value is -1.24. The fourth-order valence-electron chi connectivity index (χ4n) is 1.78. The van der Waals surface area contributed by atoms with Gasteiger partial charge in [0.2, 0.25) is 10.0 Å². The van der Waals surface area contributed by atoms with Crippen LogP contribution in [-0.2, 0) is 16.6 Å². The third kappa shape index (κ3) is 2.86. The molecule has 0 aliphatic heterocycles. The molecule has 19 heavy (non-hydrogen) atoms. The van der Waals surface area contributed by atoms with Crippen LogP contribution < -0.4 is 0 Å². The van der Waals surface area contributed by atoms with Crippen LogP contribution in [0.25, 0.3) is 0 Å². The summed E-state index contributed by atoms with van der Waals surface area (Å²) in [4.78, 5) is 5.47. The van der Waals surface area contributed by atoms with Gasteiger partial charge in [0, 0.05) is 18.5 Å². The van der Waals surface area contributed by atoms with Gasteiger partial charge in [0.1, 0.15) is 0 Å². The van der Waals surface area contributed by atoms with Gasteiger partial charge in [-0.2, -0.15) is 4.31 Å². The molecule has 1 aromatic carbocycles. The summed E-state index contributed by atoms with van der Waals surface area (Å²) in [6.07, 6.45) is 0.